The van der Waals surface area contributed by atoms with Gasteiger partial charge in [0.1, 0.15) is 5.69 Å². The van der Waals surface area contributed by atoms with Crippen LogP contribution in [-0.4, -0.2) is 71.1 Å². The summed E-state index contributed by atoms with van der Waals surface area (Å²) in [7, 11) is 1.58. The summed E-state index contributed by atoms with van der Waals surface area (Å²) < 4.78 is 18.2. The van der Waals surface area contributed by atoms with Gasteiger partial charge in [-0.2, -0.15) is 0 Å². The highest BCUT2D eigenvalue weighted by Gasteiger charge is 2.22. The van der Waals surface area contributed by atoms with Crippen LogP contribution in [0.5, 0.6) is 5.88 Å². The Bertz CT molecular complexity index is 1820. The monoisotopic (exact) mass is 671 g/mol. The minimum atomic E-state index is -0.321. The Morgan fingerprint density at radius 1 is 1.15 bits per heavy atom. The third-order valence-electron chi connectivity index (χ3n) is 8.94. The fourth-order valence-corrected chi connectivity index (χ4v) is 6.59. The van der Waals surface area contributed by atoms with E-state index in [0.29, 0.717) is 78.3 Å². The summed E-state index contributed by atoms with van der Waals surface area (Å²) in [6.45, 7) is 5.07. The Hall–Kier alpha value is -4.45. The fourth-order valence-electron chi connectivity index (χ4n) is 6.28. The van der Waals surface area contributed by atoms with Gasteiger partial charge in [-0.05, 0) is 67.1 Å². The zero-order valence-corrected chi connectivity index (χ0v) is 27.9. The van der Waals surface area contributed by atoms with E-state index in [1.165, 1.54) is 0 Å². The van der Waals surface area contributed by atoms with Gasteiger partial charge in [-0.15, -0.1) is 0 Å². The number of anilines is 1. The van der Waals surface area contributed by atoms with Crippen LogP contribution >= 0.6 is 11.6 Å². The molecule has 0 spiro atoms. The van der Waals surface area contributed by atoms with Crippen molar-refractivity contribution in [3.05, 3.63) is 87.8 Å². The van der Waals surface area contributed by atoms with Crippen LogP contribution in [0.25, 0.3) is 22.5 Å². The van der Waals surface area contributed by atoms with Gasteiger partial charge in [-0.25, -0.2) is 4.98 Å². The molecule has 48 heavy (non-hydrogen) atoms. The third-order valence-corrected chi connectivity index (χ3v) is 9.32. The van der Waals surface area contributed by atoms with Gasteiger partial charge in [0.25, 0.3) is 5.91 Å². The van der Waals surface area contributed by atoms with Gasteiger partial charge in [-0.3, -0.25) is 28.8 Å². The molecule has 1 fully saturated rings. The lowest BCUT2D eigenvalue weighted by molar-refractivity contribution is -0.119. The van der Waals surface area contributed by atoms with E-state index in [2.05, 4.69) is 30.8 Å². The van der Waals surface area contributed by atoms with Crippen molar-refractivity contribution < 1.29 is 18.7 Å². The van der Waals surface area contributed by atoms with Gasteiger partial charge in [-0.1, -0.05) is 29.8 Å². The predicted molar refractivity (Wildman–Crippen MR) is 184 cm³/mol. The van der Waals surface area contributed by atoms with Crippen LogP contribution < -0.4 is 20.7 Å². The highest BCUT2D eigenvalue weighted by molar-refractivity contribution is 6.35. The summed E-state index contributed by atoms with van der Waals surface area (Å²) in [5.41, 5.74) is 7.52. The van der Waals surface area contributed by atoms with Crippen molar-refractivity contribution >= 4 is 29.1 Å². The lowest BCUT2D eigenvalue weighted by atomic mass is 10.00. The second-order valence-electron chi connectivity index (χ2n) is 12.2. The molecule has 3 N–H and O–H groups in total. The molecule has 2 aliphatic heterocycles. The average Bonchev–Trinajstić information content (AvgIpc) is 3.52. The Labute approximate surface area is 284 Å². The number of halogens is 2. The summed E-state index contributed by atoms with van der Waals surface area (Å²) in [4.78, 5) is 40.9. The molecule has 0 unspecified atom stereocenters. The van der Waals surface area contributed by atoms with Gasteiger partial charge in [0, 0.05) is 80.0 Å². The van der Waals surface area contributed by atoms with E-state index in [-0.39, 0.29) is 24.5 Å². The molecule has 1 aromatic carbocycles. The van der Waals surface area contributed by atoms with Gasteiger partial charge in [0.05, 0.1) is 30.2 Å². The first-order chi connectivity index (χ1) is 23.3. The first-order valence-corrected chi connectivity index (χ1v) is 16.6. The molecule has 2 amide bonds. The zero-order chi connectivity index (χ0) is 33.6. The zero-order valence-electron chi connectivity index (χ0n) is 27.1. The maximum atomic E-state index is 13.3. The third kappa shape index (κ3) is 7.48. The maximum absolute atomic E-state index is 13.3. The number of fused-ring (bicyclic) bond motifs is 1. The number of pyridine rings is 3. The quantitative estimate of drug-likeness (QED) is 0.180. The number of methoxy groups -OCH3 is 1. The SMILES string of the molecule is COc1nc(-c2ccnc(-c3cccc(NC(=O)c4cc5c(cn4)CN(CCCF)CC5)c3C)c2Cl)ccc1CNC[C@H]1CCC(=O)N1. The van der Waals surface area contributed by atoms with E-state index in [1.54, 1.807) is 19.5 Å². The minimum Gasteiger partial charge on any atom is -0.481 e. The number of benzene rings is 1. The number of ether oxygens (including phenoxy) is 1. The highest BCUT2D eigenvalue weighted by atomic mass is 35.5. The number of amides is 2. The summed E-state index contributed by atoms with van der Waals surface area (Å²) in [5, 5.41) is 9.79. The molecule has 3 aromatic heterocycles. The van der Waals surface area contributed by atoms with Gasteiger partial charge in [0.15, 0.2) is 0 Å². The van der Waals surface area contributed by atoms with Crippen LogP contribution in [0.3, 0.4) is 0 Å². The Morgan fingerprint density at radius 2 is 2.02 bits per heavy atom. The summed E-state index contributed by atoms with van der Waals surface area (Å²) >= 11 is 7.00. The van der Waals surface area contributed by atoms with Crippen molar-refractivity contribution in [3.63, 3.8) is 0 Å². The van der Waals surface area contributed by atoms with E-state index in [1.807, 2.05) is 49.4 Å². The molecule has 6 rings (SSSR count). The Morgan fingerprint density at radius 3 is 2.81 bits per heavy atom. The molecular weight excluding hydrogens is 633 g/mol. The molecule has 250 valence electrons. The molecule has 0 saturated carbocycles. The number of aromatic nitrogens is 3. The number of hydrogen-bond donors (Lipinski definition) is 3. The van der Waals surface area contributed by atoms with Crippen LogP contribution in [-0.2, 0) is 24.3 Å². The van der Waals surface area contributed by atoms with Crippen molar-refractivity contribution in [3.8, 4) is 28.4 Å². The lowest BCUT2D eigenvalue weighted by Gasteiger charge is -2.28. The predicted octanol–water partition coefficient (Wildman–Crippen LogP) is 5.51. The van der Waals surface area contributed by atoms with Crippen molar-refractivity contribution in [2.45, 2.75) is 51.7 Å². The van der Waals surface area contributed by atoms with Crippen LogP contribution in [0, 0.1) is 6.92 Å². The number of hydrogen-bond acceptors (Lipinski definition) is 8. The fraction of sp³-hybridized carbons (Fsp3) is 0.361. The van der Waals surface area contributed by atoms with Gasteiger partial charge >= 0.3 is 0 Å². The molecule has 1 atom stereocenters. The smallest absolute Gasteiger partial charge is 0.274 e. The summed E-state index contributed by atoms with van der Waals surface area (Å²) in [6.07, 6.45) is 6.16. The molecule has 4 aromatic rings. The molecule has 0 aliphatic carbocycles. The van der Waals surface area contributed by atoms with E-state index in [9.17, 15) is 14.0 Å². The number of alkyl halides is 1. The number of carbonyl (C=O) groups excluding carboxylic acids is 2. The first-order valence-electron chi connectivity index (χ1n) is 16.2. The van der Waals surface area contributed by atoms with Crippen molar-refractivity contribution in [1.82, 2.24) is 30.5 Å². The topological polar surface area (TPSA) is 121 Å². The second-order valence-corrected chi connectivity index (χ2v) is 12.5. The molecule has 12 heteroatoms. The van der Waals surface area contributed by atoms with Crippen molar-refractivity contribution in [2.24, 2.45) is 0 Å². The maximum Gasteiger partial charge on any atom is 0.274 e. The Balaban J connectivity index is 1.17. The molecule has 1 saturated heterocycles. The highest BCUT2D eigenvalue weighted by Crippen LogP contribution is 2.38. The van der Waals surface area contributed by atoms with E-state index < -0.39 is 0 Å². The number of nitrogens with zero attached hydrogens (tertiary/aromatic N) is 4. The number of rotatable bonds is 12. The Kier molecular flexibility index (Phi) is 10.6. The number of nitrogens with one attached hydrogen (secondary N) is 3. The van der Waals surface area contributed by atoms with Crippen LogP contribution in [0.2, 0.25) is 5.02 Å². The lowest BCUT2D eigenvalue weighted by Crippen LogP contribution is -2.35. The number of carbonyl (C=O) groups is 2. The summed E-state index contributed by atoms with van der Waals surface area (Å²) in [5.74, 6) is 0.273. The molecule has 5 heterocycles. The first kappa shape index (κ1) is 33.5. The standard InChI is InChI=1S/C36H39ClFN7O3/c1-22-27(5-3-6-29(22)43-35(47)31-17-23-12-16-45(15-4-13-38)21-25(23)19-41-31)34-33(37)28(11-14-40-34)30-9-7-24(36(44-30)48-2)18-39-20-26-8-10-32(46)42-26/h3,5-7,9,11,14,17,19,26,39H,4,8,10,12-13,15-16,18,20-21H2,1-2H3,(H,42,46)(H,43,47)/t26-/m1/s1. The molecular formula is C36H39ClFN7O3. The molecule has 10 nitrogen and oxygen atoms in total. The van der Waals surface area contributed by atoms with Crippen molar-refractivity contribution in [2.75, 3.05) is 38.7 Å². The molecule has 2 aliphatic rings. The largest absolute Gasteiger partial charge is 0.481 e. The van der Waals surface area contributed by atoms with Crippen LogP contribution in [0.15, 0.2) is 54.9 Å². The van der Waals surface area contributed by atoms with Crippen molar-refractivity contribution in [1.29, 1.82) is 0 Å². The molecule has 0 radical (unpaired) electrons. The van der Waals surface area contributed by atoms with Crippen LogP contribution in [0.1, 0.15) is 52.0 Å². The molecule has 0 bridgehead atoms. The second kappa shape index (κ2) is 15.2. The van der Waals surface area contributed by atoms with E-state index >= 15 is 0 Å². The van der Waals surface area contributed by atoms with Gasteiger partial charge < -0.3 is 20.7 Å². The van der Waals surface area contributed by atoms with E-state index in [0.717, 1.165) is 47.2 Å². The normalized spacial score (nSPS) is 16.0. The van der Waals surface area contributed by atoms with Gasteiger partial charge in [0.2, 0.25) is 11.8 Å². The minimum absolute atomic E-state index is 0.0919. The summed E-state index contributed by atoms with van der Waals surface area (Å²) in [6, 6.07) is 13.3. The average molecular weight is 672 g/mol. The van der Waals surface area contributed by atoms with E-state index in [4.69, 9.17) is 21.3 Å². The van der Waals surface area contributed by atoms with Crippen LogP contribution in [0.4, 0.5) is 10.1 Å².